The smallest absolute Gasteiger partial charge is 0.352 e. The molecule has 3 aromatic rings. The molecule has 160 valence electrons. The van der Waals surface area contributed by atoms with Crippen molar-refractivity contribution in [3.8, 4) is 11.3 Å². The number of nitrogens with one attached hydrogen (secondary N) is 1. The van der Waals surface area contributed by atoms with Crippen LogP contribution < -0.4 is 5.32 Å². The lowest BCUT2D eigenvalue weighted by atomic mass is 9.95. The molecule has 0 fully saturated rings. The van der Waals surface area contributed by atoms with Crippen molar-refractivity contribution in [3.05, 3.63) is 77.2 Å². The van der Waals surface area contributed by atoms with Crippen LogP contribution in [0.5, 0.6) is 0 Å². The van der Waals surface area contributed by atoms with Crippen LogP contribution in [0.2, 0.25) is 0 Å². The quantitative estimate of drug-likeness (QED) is 0.663. The minimum absolute atomic E-state index is 0.130. The van der Waals surface area contributed by atoms with E-state index in [9.17, 15) is 26.4 Å². The number of sulfone groups is 1. The minimum Gasteiger partial charge on any atom is -0.352 e. The van der Waals surface area contributed by atoms with E-state index in [2.05, 4.69) is 15.3 Å². The van der Waals surface area contributed by atoms with E-state index in [-0.39, 0.29) is 12.3 Å². The van der Waals surface area contributed by atoms with Crippen LogP contribution in [0.25, 0.3) is 11.3 Å². The van der Waals surface area contributed by atoms with Crippen molar-refractivity contribution in [1.29, 1.82) is 0 Å². The van der Waals surface area contributed by atoms with E-state index in [1.54, 1.807) is 30.6 Å². The molecule has 6 nitrogen and oxygen atoms in total. The van der Waals surface area contributed by atoms with Crippen LogP contribution in [0.3, 0.4) is 0 Å². The largest absolute Gasteiger partial charge is 0.501 e. The Hall–Kier alpha value is -3.27. The number of hydrogen-bond donors (Lipinski definition) is 1. The van der Waals surface area contributed by atoms with Gasteiger partial charge >= 0.3 is 5.51 Å². The molecule has 2 aromatic heterocycles. The monoisotopic (exact) mass is 447 g/mol. The normalized spacial score (nSPS) is 14.1. The molecule has 0 spiro atoms. The number of nitrogens with zero attached hydrogens (tertiary/aromatic N) is 2. The summed E-state index contributed by atoms with van der Waals surface area (Å²) in [6.07, 6.45) is 3.85. The van der Waals surface area contributed by atoms with E-state index in [1.165, 1.54) is 12.1 Å². The number of alkyl halides is 3. The fourth-order valence-corrected chi connectivity index (χ4v) is 4.32. The Bertz CT molecular complexity index is 1270. The Morgan fingerprint density at radius 3 is 2.58 bits per heavy atom. The van der Waals surface area contributed by atoms with Gasteiger partial charge < -0.3 is 5.32 Å². The van der Waals surface area contributed by atoms with Crippen molar-refractivity contribution in [1.82, 2.24) is 15.3 Å². The summed E-state index contributed by atoms with van der Waals surface area (Å²) in [7, 11) is -5.43. The summed E-state index contributed by atoms with van der Waals surface area (Å²) in [5.74, 6) is -0.165. The van der Waals surface area contributed by atoms with Gasteiger partial charge in [0.25, 0.3) is 15.7 Å². The molecule has 0 saturated heterocycles. The number of carbonyl (C=O) groups is 1. The molecule has 10 heteroatoms. The first-order valence-electron chi connectivity index (χ1n) is 9.28. The average Bonchev–Trinajstić information content (AvgIpc) is 2.73. The van der Waals surface area contributed by atoms with Gasteiger partial charge in [-0.15, -0.1) is 0 Å². The summed E-state index contributed by atoms with van der Waals surface area (Å²) in [4.78, 5) is 19.9. The fraction of sp³-hybridized carbons (Fsp3) is 0.190. The Morgan fingerprint density at radius 2 is 1.81 bits per heavy atom. The maximum Gasteiger partial charge on any atom is 0.501 e. The number of aromatic nitrogens is 2. The number of carbonyl (C=O) groups excluding carboxylic acids is 1. The van der Waals surface area contributed by atoms with Gasteiger partial charge in [-0.3, -0.25) is 14.8 Å². The van der Waals surface area contributed by atoms with E-state index in [4.69, 9.17) is 0 Å². The molecule has 0 saturated carbocycles. The predicted molar refractivity (Wildman–Crippen MR) is 106 cm³/mol. The highest BCUT2D eigenvalue weighted by atomic mass is 32.2. The summed E-state index contributed by atoms with van der Waals surface area (Å²) in [5.41, 5.74) is -1.73. The third-order valence-electron chi connectivity index (χ3n) is 4.95. The summed E-state index contributed by atoms with van der Waals surface area (Å²) < 4.78 is 61.9. The van der Waals surface area contributed by atoms with Crippen LogP contribution >= 0.6 is 0 Å². The lowest BCUT2D eigenvalue weighted by molar-refractivity contribution is -0.0436. The van der Waals surface area contributed by atoms with Gasteiger partial charge in [-0.2, -0.15) is 13.2 Å². The van der Waals surface area contributed by atoms with Gasteiger partial charge in [0.1, 0.15) is 0 Å². The van der Waals surface area contributed by atoms with Crippen LogP contribution in [-0.2, 0) is 22.7 Å². The molecule has 0 radical (unpaired) electrons. The van der Waals surface area contributed by atoms with Crippen LogP contribution in [0, 0.1) is 0 Å². The van der Waals surface area contributed by atoms with Crippen LogP contribution in [0.1, 0.15) is 27.2 Å². The van der Waals surface area contributed by atoms with Gasteiger partial charge in [0, 0.05) is 42.2 Å². The maximum absolute atomic E-state index is 12.8. The van der Waals surface area contributed by atoms with Crippen molar-refractivity contribution < 1.29 is 26.4 Å². The molecule has 0 atom stereocenters. The minimum atomic E-state index is -5.43. The molecule has 1 amide bonds. The van der Waals surface area contributed by atoms with Crippen molar-refractivity contribution >= 4 is 15.7 Å². The summed E-state index contributed by atoms with van der Waals surface area (Å²) in [6, 6.07) is 9.86. The number of halogens is 3. The zero-order valence-electron chi connectivity index (χ0n) is 16.0. The number of amides is 1. The third kappa shape index (κ3) is 4.02. The highest BCUT2D eigenvalue weighted by Gasteiger charge is 2.46. The van der Waals surface area contributed by atoms with Crippen molar-refractivity contribution in [3.63, 3.8) is 0 Å². The summed E-state index contributed by atoms with van der Waals surface area (Å²) in [5, 5.41) is 2.78. The lowest BCUT2D eigenvalue weighted by Crippen LogP contribution is -2.32. The molecule has 4 rings (SSSR count). The number of benzene rings is 1. The van der Waals surface area contributed by atoms with Crippen LogP contribution in [-0.4, -0.2) is 36.3 Å². The molecule has 31 heavy (non-hydrogen) atoms. The topological polar surface area (TPSA) is 89.0 Å². The summed E-state index contributed by atoms with van der Waals surface area (Å²) >= 11 is 0. The summed E-state index contributed by atoms with van der Waals surface area (Å²) in [6.45, 7) is 0.503. The van der Waals surface area contributed by atoms with E-state index in [0.717, 1.165) is 23.3 Å². The Morgan fingerprint density at radius 1 is 1.03 bits per heavy atom. The number of hydrogen-bond acceptors (Lipinski definition) is 5. The number of rotatable bonds is 4. The second-order valence-corrected chi connectivity index (χ2v) is 8.94. The molecule has 3 heterocycles. The van der Waals surface area contributed by atoms with E-state index >= 15 is 0 Å². The van der Waals surface area contributed by atoms with E-state index in [1.807, 2.05) is 0 Å². The zero-order valence-corrected chi connectivity index (χ0v) is 16.8. The molecule has 1 N–H and O–H groups in total. The van der Waals surface area contributed by atoms with Crippen molar-refractivity contribution in [2.24, 2.45) is 0 Å². The second kappa shape index (κ2) is 7.77. The Labute approximate surface area is 176 Å². The average molecular weight is 447 g/mol. The Kier molecular flexibility index (Phi) is 5.26. The third-order valence-corrected chi connectivity index (χ3v) is 6.43. The highest BCUT2D eigenvalue weighted by Crippen LogP contribution is 2.31. The van der Waals surface area contributed by atoms with Crippen LogP contribution in [0.15, 0.2) is 59.8 Å². The standard InChI is InChI=1S/C21H16F3N3O3S/c22-21(23,24)31(29,30)16-3-1-2-13(11-16)10-15-12-14(4-7-25-15)19-17-5-9-27-20(28)18(17)6-8-26-19/h1-4,6-8,11-12H,5,9-10H2,(H,27,28). The van der Waals surface area contributed by atoms with Gasteiger partial charge in [-0.05, 0) is 47.9 Å². The van der Waals surface area contributed by atoms with Crippen LogP contribution in [0.4, 0.5) is 13.2 Å². The number of pyridine rings is 2. The molecule has 0 unspecified atom stereocenters. The number of fused-ring (bicyclic) bond motifs is 1. The molecular formula is C21H16F3N3O3S. The van der Waals surface area contributed by atoms with Gasteiger partial charge in [0.05, 0.1) is 10.6 Å². The molecule has 1 aliphatic rings. The molecule has 0 bridgehead atoms. The second-order valence-electron chi connectivity index (χ2n) is 7.00. The van der Waals surface area contributed by atoms with Gasteiger partial charge in [-0.1, -0.05) is 12.1 Å². The Balaban J connectivity index is 1.67. The van der Waals surface area contributed by atoms with Crippen molar-refractivity contribution in [2.45, 2.75) is 23.2 Å². The van der Waals surface area contributed by atoms with Gasteiger partial charge in [-0.25, -0.2) is 8.42 Å². The molecule has 1 aromatic carbocycles. The first-order chi connectivity index (χ1) is 14.7. The highest BCUT2D eigenvalue weighted by molar-refractivity contribution is 7.92. The lowest BCUT2D eigenvalue weighted by Gasteiger charge is -2.19. The maximum atomic E-state index is 12.8. The molecular weight excluding hydrogens is 431 g/mol. The van der Waals surface area contributed by atoms with Gasteiger partial charge in [0.15, 0.2) is 0 Å². The van der Waals surface area contributed by atoms with E-state index in [0.29, 0.717) is 35.5 Å². The van der Waals surface area contributed by atoms with E-state index < -0.39 is 20.2 Å². The zero-order chi connectivity index (χ0) is 22.2. The fourth-order valence-electron chi connectivity index (χ4n) is 3.49. The van der Waals surface area contributed by atoms with Crippen molar-refractivity contribution in [2.75, 3.05) is 6.54 Å². The molecule has 0 aliphatic carbocycles. The molecule has 1 aliphatic heterocycles. The first-order valence-corrected chi connectivity index (χ1v) is 10.8. The first kappa shape index (κ1) is 21.0. The predicted octanol–water partition coefficient (Wildman–Crippen LogP) is 3.31. The SMILES string of the molecule is O=C1NCCc2c1ccnc2-c1ccnc(Cc2cccc(S(=O)(=O)C(F)(F)F)c2)c1. The van der Waals surface area contributed by atoms with Gasteiger partial charge in [0.2, 0.25) is 0 Å².